The van der Waals surface area contributed by atoms with E-state index in [0.717, 1.165) is 18.5 Å². The first-order chi connectivity index (χ1) is 10.9. The lowest BCUT2D eigenvalue weighted by Gasteiger charge is -2.33. The molecule has 1 aliphatic rings. The number of urea groups is 1. The summed E-state index contributed by atoms with van der Waals surface area (Å²) in [6.45, 7) is 5.58. The van der Waals surface area contributed by atoms with Crippen molar-refractivity contribution in [3.8, 4) is 0 Å². The fourth-order valence-electron chi connectivity index (χ4n) is 2.81. The molecule has 1 aromatic carbocycles. The van der Waals surface area contributed by atoms with Crippen LogP contribution in [0.5, 0.6) is 0 Å². The molecule has 0 bridgehead atoms. The van der Waals surface area contributed by atoms with E-state index in [0.29, 0.717) is 19.0 Å². The van der Waals surface area contributed by atoms with Gasteiger partial charge < -0.3 is 15.1 Å². The van der Waals surface area contributed by atoms with Crippen LogP contribution < -0.4 is 5.32 Å². The largest absolute Gasteiger partial charge is 0.331 e. The van der Waals surface area contributed by atoms with Crippen LogP contribution in [0.4, 0.5) is 10.5 Å². The first-order valence-electron chi connectivity index (χ1n) is 8.25. The number of nitrogens with zero attached hydrogens (tertiary/aromatic N) is 2. The van der Waals surface area contributed by atoms with E-state index in [9.17, 15) is 9.59 Å². The van der Waals surface area contributed by atoms with Crippen molar-refractivity contribution in [2.24, 2.45) is 5.92 Å². The normalized spacial score (nSPS) is 15.6. The molecule has 0 saturated carbocycles. The van der Waals surface area contributed by atoms with Crippen LogP contribution >= 0.6 is 0 Å². The number of benzene rings is 1. The average Bonchev–Trinajstić information content (AvgIpc) is 2.54. The number of hydrogen-bond donors (Lipinski definition) is 1. The van der Waals surface area contributed by atoms with Crippen molar-refractivity contribution < 1.29 is 9.59 Å². The van der Waals surface area contributed by atoms with Gasteiger partial charge in [0, 0.05) is 38.8 Å². The third-order valence-corrected chi connectivity index (χ3v) is 4.36. The van der Waals surface area contributed by atoms with Gasteiger partial charge in [-0.2, -0.15) is 0 Å². The van der Waals surface area contributed by atoms with Crippen molar-refractivity contribution >= 4 is 17.6 Å². The van der Waals surface area contributed by atoms with Gasteiger partial charge in [0.15, 0.2) is 0 Å². The molecule has 2 rings (SSSR count). The molecule has 0 atom stereocenters. The summed E-state index contributed by atoms with van der Waals surface area (Å²) in [5.74, 6) is 0.517. The number of carbonyl (C=O) groups excluding carboxylic acids is 2. The van der Waals surface area contributed by atoms with Crippen molar-refractivity contribution in [3.05, 3.63) is 29.8 Å². The molecule has 1 aliphatic heterocycles. The zero-order valence-electron chi connectivity index (χ0n) is 14.5. The Morgan fingerprint density at radius 2 is 1.70 bits per heavy atom. The maximum atomic E-state index is 12.4. The summed E-state index contributed by atoms with van der Waals surface area (Å²) >= 11 is 0. The van der Waals surface area contributed by atoms with E-state index >= 15 is 0 Å². The third-order valence-electron chi connectivity index (χ3n) is 4.36. The fraction of sp³-hybridized carbons (Fsp3) is 0.556. The Morgan fingerprint density at radius 1 is 1.13 bits per heavy atom. The van der Waals surface area contributed by atoms with Crippen molar-refractivity contribution in [2.75, 3.05) is 32.5 Å². The molecule has 1 fully saturated rings. The summed E-state index contributed by atoms with van der Waals surface area (Å²) < 4.78 is 0. The molecule has 5 nitrogen and oxygen atoms in total. The van der Waals surface area contributed by atoms with Gasteiger partial charge in [-0.05, 0) is 36.5 Å². The minimum Gasteiger partial charge on any atom is -0.331 e. The van der Waals surface area contributed by atoms with Crippen LogP contribution in [0.25, 0.3) is 0 Å². The molecule has 126 valence electrons. The molecule has 0 unspecified atom stereocenters. The Morgan fingerprint density at radius 3 is 2.17 bits per heavy atom. The lowest BCUT2D eigenvalue weighted by molar-refractivity contribution is -0.121. The van der Waals surface area contributed by atoms with Crippen LogP contribution in [0, 0.1) is 5.92 Å². The Kier molecular flexibility index (Phi) is 5.64. The predicted octanol–water partition coefficient (Wildman–Crippen LogP) is 3.14. The van der Waals surface area contributed by atoms with Gasteiger partial charge in [0.05, 0.1) is 0 Å². The van der Waals surface area contributed by atoms with Crippen molar-refractivity contribution in [2.45, 2.75) is 32.6 Å². The first kappa shape index (κ1) is 17.3. The van der Waals surface area contributed by atoms with Crippen LogP contribution in [0.2, 0.25) is 0 Å². The summed E-state index contributed by atoms with van der Waals surface area (Å²) in [4.78, 5) is 27.7. The van der Waals surface area contributed by atoms with E-state index in [2.05, 4.69) is 31.3 Å². The second-order valence-electron chi connectivity index (χ2n) is 6.70. The second-order valence-corrected chi connectivity index (χ2v) is 6.70. The molecule has 1 N–H and O–H groups in total. The van der Waals surface area contributed by atoms with Gasteiger partial charge in [0.25, 0.3) is 0 Å². The van der Waals surface area contributed by atoms with E-state index in [-0.39, 0.29) is 17.9 Å². The zero-order valence-corrected chi connectivity index (χ0v) is 14.5. The summed E-state index contributed by atoms with van der Waals surface area (Å²) in [7, 11) is 3.50. The van der Waals surface area contributed by atoms with Crippen LogP contribution in [-0.4, -0.2) is 48.9 Å². The Bertz CT molecular complexity index is 544. The highest BCUT2D eigenvalue weighted by molar-refractivity contribution is 5.92. The third kappa shape index (κ3) is 4.47. The number of hydrogen-bond acceptors (Lipinski definition) is 2. The molecule has 3 amide bonds. The summed E-state index contributed by atoms with van der Waals surface area (Å²) in [5, 5.41) is 2.99. The highest BCUT2D eigenvalue weighted by Crippen LogP contribution is 2.21. The molecule has 0 aromatic heterocycles. The van der Waals surface area contributed by atoms with Gasteiger partial charge in [-0.3, -0.25) is 4.79 Å². The van der Waals surface area contributed by atoms with Gasteiger partial charge in [0.2, 0.25) is 5.91 Å². The highest BCUT2D eigenvalue weighted by atomic mass is 16.2. The molecule has 5 heteroatoms. The predicted molar refractivity (Wildman–Crippen MR) is 92.5 cm³/mol. The van der Waals surface area contributed by atoms with E-state index in [4.69, 9.17) is 0 Å². The highest BCUT2D eigenvalue weighted by Gasteiger charge is 2.27. The number of amides is 3. The standard InChI is InChI=1S/C18H27N3O2/c1-13(2)14-5-7-16(8-6-14)19-17(22)15-9-11-21(12-10-15)18(23)20(3)4/h5-8,13,15H,9-12H2,1-4H3,(H,19,22). The fourth-order valence-corrected chi connectivity index (χ4v) is 2.81. The molecule has 1 aromatic rings. The van der Waals surface area contributed by atoms with E-state index in [1.54, 1.807) is 23.9 Å². The van der Waals surface area contributed by atoms with Gasteiger partial charge in [-0.1, -0.05) is 26.0 Å². The molecule has 0 spiro atoms. The smallest absolute Gasteiger partial charge is 0.319 e. The van der Waals surface area contributed by atoms with Crippen LogP contribution in [-0.2, 0) is 4.79 Å². The monoisotopic (exact) mass is 317 g/mol. The molecule has 1 saturated heterocycles. The second kappa shape index (κ2) is 7.49. The van der Waals surface area contributed by atoms with Gasteiger partial charge in [-0.15, -0.1) is 0 Å². The number of piperidine rings is 1. The SMILES string of the molecule is CC(C)c1ccc(NC(=O)C2CCN(C(=O)N(C)C)CC2)cc1. The number of nitrogens with one attached hydrogen (secondary N) is 1. The van der Waals surface area contributed by atoms with Gasteiger partial charge in [-0.25, -0.2) is 4.79 Å². The lowest BCUT2D eigenvalue weighted by Crippen LogP contribution is -2.45. The van der Waals surface area contributed by atoms with E-state index < -0.39 is 0 Å². The number of anilines is 1. The maximum Gasteiger partial charge on any atom is 0.319 e. The van der Waals surface area contributed by atoms with E-state index in [1.165, 1.54) is 5.56 Å². The Hall–Kier alpha value is -2.04. The summed E-state index contributed by atoms with van der Waals surface area (Å²) in [6.07, 6.45) is 1.44. The van der Waals surface area contributed by atoms with Crippen LogP contribution in [0.15, 0.2) is 24.3 Å². The molecule has 0 radical (unpaired) electrons. The van der Waals surface area contributed by atoms with Crippen LogP contribution in [0.3, 0.4) is 0 Å². The van der Waals surface area contributed by atoms with E-state index in [1.807, 2.05) is 12.1 Å². The molecule has 1 heterocycles. The van der Waals surface area contributed by atoms with Crippen LogP contribution in [0.1, 0.15) is 38.2 Å². The van der Waals surface area contributed by atoms with Gasteiger partial charge in [0.1, 0.15) is 0 Å². The molecular formula is C18H27N3O2. The number of carbonyl (C=O) groups is 2. The molecule has 0 aliphatic carbocycles. The summed E-state index contributed by atoms with van der Waals surface area (Å²) in [6, 6.07) is 8.04. The Balaban J connectivity index is 1.86. The number of likely N-dealkylation sites (tertiary alicyclic amines) is 1. The topological polar surface area (TPSA) is 52.7 Å². The van der Waals surface area contributed by atoms with Gasteiger partial charge >= 0.3 is 6.03 Å². The minimum absolute atomic E-state index is 0.0214. The molecular weight excluding hydrogens is 290 g/mol. The average molecular weight is 317 g/mol. The minimum atomic E-state index is -0.0222. The summed E-state index contributed by atoms with van der Waals surface area (Å²) in [5.41, 5.74) is 2.10. The maximum absolute atomic E-state index is 12.4. The quantitative estimate of drug-likeness (QED) is 0.931. The van der Waals surface area contributed by atoms with Crippen molar-refractivity contribution in [3.63, 3.8) is 0 Å². The van der Waals surface area contributed by atoms with Crippen molar-refractivity contribution in [1.82, 2.24) is 9.80 Å². The Labute approximate surface area is 138 Å². The zero-order chi connectivity index (χ0) is 17.0. The lowest BCUT2D eigenvalue weighted by atomic mass is 9.96. The van der Waals surface area contributed by atoms with Crippen molar-refractivity contribution in [1.29, 1.82) is 0 Å². The molecule has 23 heavy (non-hydrogen) atoms. The number of rotatable bonds is 3. The first-order valence-corrected chi connectivity index (χ1v) is 8.25.